The van der Waals surface area contributed by atoms with Crippen LogP contribution in [-0.2, 0) is 0 Å². The lowest BCUT2D eigenvalue weighted by molar-refractivity contribution is 0.670. The Balaban J connectivity index is 1.15. The number of fused-ring (bicyclic) bond motifs is 6. The van der Waals surface area contributed by atoms with Crippen LogP contribution in [0.1, 0.15) is 0 Å². The van der Waals surface area contributed by atoms with Crippen molar-refractivity contribution in [1.82, 2.24) is 24.9 Å². The van der Waals surface area contributed by atoms with E-state index in [-0.39, 0.29) is 0 Å². The molecule has 262 valence electrons. The molecule has 7 heteroatoms. The van der Waals surface area contributed by atoms with E-state index in [0.717, 1.165) is 99.8 Å². The van der Waals surface area contributed by atoms with Crippen LogP contribution < -0.4 is 0 Å². The second kappa shape index (κ2) is 13.0. The highest BCUT2D eigenvalue weighted by Crippen LogP contribution is 2.42. The topological polar surface area (TPSA) is 90.7 Å². The number of furan rings is 2. The predicted molar refractivity (Wildman–Crippen MR) is 223 cm³/mol. The van der Waals surface area contributed by atoms with Crippen LogP contribution in [0.15, 0.2) is 185 Å². The zero-order chi connectivity index (χ0) is 37.0. The Morgan fingerprint density at radius 3 is 1.43 bits per heavy atom. The minimum atomic E-state index is 0.614. The zero-order valence-corrected chi connectivity index (χ0v) is 29.8. The molecule has 56 heavy (non-hydrogen) atoms. The molecule has 4 heterocycles. The third-order valence-electron chi connectivity index (χ3n) is 10.3. The maximum absolute atomic E-state index is 6.58. The molecule has 0 spiro atoms. The van der Waals surface area contributed by atoms with Crippen LogP contribution in [0.3, 0.4) is 0 Å². The number of hydrogen-bond acceptors (Lipinski definition) is 7. The number of para-hydroxylation sites is 4. The highest BCUT2D eigenvalue weighted by molar-refractivity contribution is 6.11. The van der Waals surface area contributed by atoms with Crippen molar-refractivity contribution >= 4 is 43.9 Å². The van der Waals surface area contributed by atoms with Gasteiger partial charge in [0.15, 0.2) is 11.6 Å². The van der Waals surface area contributed by atoms with Gasteiger partial charge in [-0.1, -0.05) is 127 Å². The monoisotopic (exact) mass is 719 g/mol. The Hall–Kier alpha value is -7.77. The van der Waals surface area contributed by atoms with Crippen molar-refractivity contribution in [2.75, 3.05) is 0 Å². The van der Waals surface area contributed by atoms with Crippen LogP contribution in [0.25, 0.3) is 111 Å². The van der Waals surface area contributed by atoms with Gasteiger partial charge in [0.2, 0.25) is 0 Å². The molecule has 0 radical (unpaired) electrons. The average Bonchev–Trinajstić information content (AvgIpc) is 3.86. The number of aromatic nitrogens is 5. The lowest BCUT2D eigenvalue weighted by Gasteiger charge is -2.14. The standard InChI is InChI=1S/C49H29N5O2/c1-2-10-31(11-3-1)49-53-42(30-20-22-32(23-21-30)48-51-28-50-29-52-48)27-43(54-49)35-25-33(36-14-8-16-40-38-12-4-6-18-44(38)55-46(36)40)24-34(26-35)37-15-9-17-41-39-13-5-7-19-45(39)56-47(37)41/h1-29H. The van der Waals surface area contributed by atoms with Crippen molar-refractivity contribution in [3.8, 4) is 67.5 Å². The summed E-state index contributed by atoms with van der Waals surface area (Å²) < 4.78 is 13.2. The highest BCUT2D eigenvalue weighted by atomic mass is 16.3. The molecule has 0 bridgehead atoms. The molecule has 0 aliphatic rings. The molecular weight excluding hydrogens is 691 g/mol. The molecule has 7 aromatic carbocycles. The molecule has 0 aliphatic carbocycles. The second-order valence-corrected chi connectivity index (χ2v) is 13.7. The smallest absolute Gasteiger partial charge is 0.162 e. The first-order valence-corrected chi connectivity index (χ1v) is 18.4. The van der Waals surface area contributed by atoms with Crippen molar-refractivity contribution in [3.63, 3.8) is 0 Å². The molecule has 0 N–H and O–H groups in total. The first-order valence-electron chi connectivity index (χ1n) is 18.4. The average molecular weight is 720 g/mol. The fraction of sp³-hybridized carbons (Fsp3) is 0. The van der Waals surface area contributed by atoms with Gasteiger partial charge in [-0.2, -0.15) is 0 Å². The summed E-state index contributed by atoms with van der Waals surface area (Å²) in [7, 11) is 0. The van der Waals surface area contributed by atoms with E-state index in [4.69, 9.17) is 18.8 Å². The molecule has 0 saturated carbocycles. The molecule has 4 aromatic heterocycles. The third kappa shape index (κ3) is 5.41. The Kier molecular flexibility index (Phi) is 7.35. The maximum atomic E-state index is 6.58. The van der Waals surface area contributed by atoms with Gasteiger partial charge in [-0.3, -0.25) is 0 Å². The molecule has 0 saturated heterocycles. The van der Waals surface area contributed by atoms with Gasteiger partial charge in [0.25, 0.3) is 0 Å². The van der Waals surface area contributed by atoms with Crippen molar-refractivity contribution in [2.24, 2.45) is 0 Å². The fourth-order valence-electron chi connectivity index (χ4n) is 7.67. The van der Waals surface area contributed by atoms with Crippen LogP contribution in [0.5, 0.6) is 0 Å². The van der Waals surface area contributed by atoms with Gasteiger partial charge in [0.1, 0.15) is 35.0 Å². The van der Waals surface area contributed by atoms with E-state index in [1.165, 1.54) is 12.7 Å². The van der Waals surface area contributed by atoms with Gasteiger partial charge in [-0.05, 0) is 47.5 Å². The van der Waals surface area contributed by atoms with Crippen molar-refractivity contribution in [3.05, 3.63) is 176 Å². The number of benzene rings is 7. The molecule has 11 aromatic rings. The lowest BCUT2D eigenvalue weighted by Crippen LogP contribution is -1.97. The first kappa shape index (κ1) is 31.7. The van der Waals surface area contributed by atoms with Gasteiger partial charge in [0.05, 0.1) is 11.4 Å². The summed E-state index contributed by atoms with van der Waals surface area (Å²) in [4.78, 5) is 23.0. The van der Waals surface area contributed by atoms with E-state index in [2.05, 4.69) is 87.7 Å². The first-order chi connectivity index (χ1) is 27.7. The van der Waals surface area contributed by atoms with Crippen LogP contribution >= 0.6 is 0 Å². The van der Waals surface area contributed by atoms with E-state index >= 15 is 0 Å². The maximum Gasteiger partial charge on any atom is 0.162 e. The van der Waals surface area contributed by atoms with Crippen molar-refractivity contribution < 1.29 is 8.83 Å². The molecule has 11 rings (SSSR count). The molecule has 0 unspecified atom stereocenters. The van der Waals surface area contributed by atoms with E-state index in [1.54, 1.807) is 0 Å². The van der Waals surface area contributed by atoms with Crippen molar-refractivity contribution in [2.45, 2.75) is 0 Å². The second-order valence-electron chi connectivity index (χ2n) is 13.7. The molecule has 0 aliphatic heterocycles. The van der Waals surface area contributed by atoms with Gasteiger partial charge in [-0.25, -0.2) is 24.9 Å². The highest BCUT2D eigenvalue weighted by Gasteiger charge is 2.19. The fourth-order valence-corrected chi connectivity index (χ4v) is 7.67. The minimum absolute atomic E-state index is 0.614. The van der Waals surface area contributed by atoms with Gasteiger partial charge in [-0.15, -0.1) is 0 Å². The minimum Gasteiger partial charge on any atom is -0.455 e. The van der Waals surface area contributed by atoms with E-state index < -0.39 is 0 Å². The summed E-state index contributed by atoms with van der Waals surface area (Å²) in [6, 6.07) is 56.0. The van der Waals surface area contributed by atoms with Crippen molar-refractivity contribution in [1.29, 1.82) is 0 Å². The molecular formula is C49H29N5O2. The molecule has 0 atom stereocenters. The van der Waals surface area contributed by atoms with Crippen LogP contribution in [0.4, 0.5) is 0 Å². The van der Waals surface area contributed by atoms with E-state index in [0.29, 0.717) is 11.6 Å². The normalized spacial score (nSPS) is 11.6. The number of rotatable bonds is 6. The Morgan fingerprint density at radius 2 is 0.821 bits per heavy atom. The lowest BCUT2D eigenvalue weighted by atomic mass is 9.93. The summed E-state index contributed by atoms with van der Waals surface area (Å²) in [5, 5.41) is 4.31. The van der Waals surface area contributed by atoms with E-state index in [9.17, 15) is 0 Å². The Morgan fingerprint density at radius 1 is 0.339 bits per heavy atom. The Bertz CT molecular complexity index is 3110. The summed E-state index contributed by atoms with van der Waals surface area (Å²) in [6.07, 6.45) is 3.01. The van der Waals surface area contributed by atoms with Gasteiger partial charge >= 0.3 is 0 Å². The molecule has 0 amide bonds. The number of hydrogen-bond donors (Lipinski definition) is 0. The quantitative estimate of drug-likeness (QED) is 0.169. The largest absolute Gasteiger partial charge is 0.455 e. The number of nitrogens with zero attached hydrogens (tertiary/aromatic N) is 5. The van der Waals surface area contributed by atoms with Gasteiger partial charge in [0, 0.05) is 54.9 Å². The summed E-state index contributed by atoms with van der Waals surface area (Å²) >= 11 is 0. The van der Waals surface area contributed by atoms with Crippen LogP contribution in [0, 0.1) is 0 Å². The van der Waals surface area contributed by atoms with Crippen LogP contribution in [0.2, 0.25) is 0 Å². The van der Waals surface area contributed by atoms with Crippen LogP contribution in [-0.4, -0.2) is 24.9 Å². The Labute approximate surface area is 320 Å². The summed E-state index contributed by atoms with van der Waals surface area (Å²) in [5.74, 6) is 1.24. The SMILES string of the molecule is c1ccc(-c2nc(-c3ccc(-c4ncncn4)cc3)cc(-c3cc(-c4cccc5c4oc4ccccc45)cc(-c4cccc5c4oc4ccccc45)c3)n2)cc1. The zero-order valence-electron chi connectivity index (χ0n) is 29.8. The van der Waals surface area contributed by atoms with E-state index in [1.807, 2.05) is 91.0 Å². The molecule has 7 nitrogen and oxygen atoms in total. The predicted octanol–water partition coefficient (Wildman–Crippen LogP) is 12.5. The summed E-state index contributed by atoms with van der Waals surface area (Å²) in [5.41, 5.74) is 12.6. The van der Waals surface area contributed by atoms with Gasteiger partial charge < -0.3 is 8.83 Å². The third-order valence-corrected chi connectivity index (χ3v) is 10.3. The molecule has 0 fully saturated rings. The summed E-state index contributed by atoms with van der Waals surface area (Å²) in [6.45, 7) is 0.